The molecule has 0 saturated heterocycles. The number of ether oxygens (including phenoxy) is 6. The number of hydrogen-bond acceptors (Lipinski definition) is 9. The first-order valence-electron chi connectivity index (χ1n) is 14.1. The van der Waals surface area contributed by atoms with Crippen LogP contribution < -0.4 is 28.4 Å². The van der Waals surface area contributed by atoms with Crippen molar-refractivity contribution in [3.05, 3.63) is 131 Å². The van der Waals surface area contributed by atoms with Crippen LogP contribution in [0, 0.1) is 24.5 Å². The van der Waals surface area contributed by atoms with Gasteiger partial charge in [-0.15, -0.1) is 0 Å². The predicted octanol–water partition coefficient (Wildman–Crippen LogP) is 9.00. The Hall–Kier alpha value is -7.16. The second-order valence-electron chi connectivity index (χ2n) is 9.73. The van der Waals surface area contributed by atoms with Gasteiger partial charge in [0.15, 0.2) is 17.3 Å². The third-order valence-electron chi connectivity index (χ3n) is 7.02. The molecule has 0 aliphatic carbocycles. The number of methoxy groups -OCH3 is 3. The van der Waals surface area contributed by atoms with E-state index in [-0.39, 0.29) is 68.3 Å². The maximum Gasteiger partial charge on any atom is 0.269 e. The highest BCUT2D eigenvalue weighted by atomic mass is 16.5. The number of aromatic hydroxyl groups is 1. The number of nitriles is 1. The second kappa shape index (κ2) is 14.3. The van der Waals surface area contributed by atoms with Crippen molar-refractivity contribution in [1.29, 1.82) is 5.26 Å². The lowest BCUT2D eigenvalue weighted by molar-refractivity contribution is 0.103. The lowest BCUT2D eigenvalue weighted by Crippen LogP contribution is -2.03. The summed E-state index contributed by atoms with van der Waals surface area (Å²) in [6.45, 7) is 15.3. The van der Waals surface area contributed by atoms with Crippen LogP contribution in [0.15, 0.2) is 91.0 Å². The van der Waals surface area contributed by atoms with Crippen LogP contribution in [0.4, 0.5) is 11.4 Å². The van der Waals surface area contributed by atoms with E-state index >= 15 is 0 Å². The molecule has 5 aromatic carbocycles. The van der Waals surface area contributed by atoms with Gasteiger partial charge in [-0.2, -0.15) is 5.26 Å². The van der Waals surface area contributed by atoms with Crippen molar-refractivity contribution in [2.75, 3.05) is 21.3 Å². The molecule has 236 valence electrons. The Morgan fingerprint density at radius 3 is 1.71 bits per heavy atom. The number of phenols is 1. The molecule has 0 bridgehead atoms. The van der Waals surface area contributed by atoms with E-state index in [0.29, 0.717) is 11.5 Å². The average Bonchev–Trinajstić information content (AvgIpc) is 3.12. The Labute approximate surface area is 275 Å². The van der Waals surface area contributed by atoms with E-state index < -0.39 is 11.5 Å². The first kappa shape index (κ1) is 32.2. The quantitative estimate of drug-likeness (QED) is 0.111. The van der Waals surface area contributed by atoms with Crippen LogP contribution in [-0.2, 0) is 0 Å². The molecule has 0 aliphatic rings. The van der Waals surface area contributed by atoms with Crippen LogP contribution >= 0.6 is 0 Å². The van der Waals surface area contributed by atoms with Crippen molar-refractivity contribution in [2.24, 2.45) is 0 Å². The molecule has 0 radical (unpaired) electrons. The zero-order chi connectivity index (χ0) is 34.2. The van der Waals surface area contributed by atoms with Crippen LogP contribution in [0.25, 0.3) is 9.69 Å². The number of para-hydroxylation sites is 2. The molecule has 0 spiro atoms. The molecule has 11 nitrogen and oxygen atoms in total. The van der Waals surface area contributed by atoms with Crippen LogP contribution in [-0.4, -0.2) is 32.2 Å². The molecular formula is C37H25N3O8. The molecular weight excluding hydrogens is 614 g/mol. The number of rotatable bonds is 11. The highest BCUT2D eigenvalue weighted by Crippen LogP contribution is 2.49. The number of hydrogen-bond donors (Lipinski definition) is 1. The minimum atomic E-state index is -0.570. The number of carbonyl (C=O) groups excluding carboxylic acids is 1. The lowest BCUT2D eigenvalue weighted by atomic mass is 10.0. The lowest BCUT2D eigenvalue weighted by Gasteiger charge is -2.18. The minimum Gasteiger partial charge on any atom is -0.508 e. The molecule has 0 unspecified atom stereocenters. The van der Waals surface area contributed by atoms with E-state index in [0.717, 1.165) is 0 Å². The topological polar surface area (TPSA) is 125 Å². The number of carbonyl (C=O) groups is 1. The van der Waals surface area contributed by atoms with Crippen molar-refractivity contribution in [2.45, 2.75) is 0 Å². The van der Waals surface area contributed by atoms with E-state index in [9.17, 15) is 15.2 Å². The smallest absolute Gasteiger partial charge is 0.269 e. The maximum absolute atomic E-state index is 13.7. The Morgan fingerprint density at radius 1 is 0.646 bits per heavy atom. The van der Waals surface area contributed by atoms with Crippen LogP contribution in [0.1, 0.15) is 21.5 Å². The number of benzene rings is 5. The molecule has 0 amide bonds. The monoisotopic (exact) mass is 639 g/mol. The molecule has 5 rings (SSSR count). The van der Waals surface area contributed by atoms with Gasteiger partial charge in [0.1, 0.15) is 51.9 Å². The standard InChI is InChI=1S/C37H25N3O8/c1-39-33-28(44-4)11-7-13-30(33)47-32-20-19-24(36(42)37(32)48-31-14-8-12-29(45-5)34(31)40-2)35(41)22-15-17-23(18-16-22)46-27-10-6-9-26(43-3)25(27)21-38/h6-20,42H,3-5H3. The van der Waals surface area contributed by atoms with Gasteiger partial charge in [0, 0.05) is 5.56 Å². The molecule has 0 aromatic heterocycles. The Bertz CT molecular complexity index is 2140. The summed E-state index contributed by atoms with van der Waals surface area (Å²) in [7, 11) is 4.28. The number of phenolic OH excluding ortho intramolecular Hbond substituents is 1. The fraction of sp³-hybridized carbons (Fsp3) is 0.0811. The zero-order valence-corrected chi connectivity index (χ0v) is 25.8. The summed E-state index contributed by atoms with van der Waals surface area (Å²) in [5.74, 6) is 0.174. The normalized spacial score (nSPS) is 10.1. The molecule has 0 saturated carbocycles. The first-order chi connectivity index (χ1) is 23.4. The zero-order valence-electron chi connectivity index (χ0n) is 25.8. The largest absolute Gasteiger partial charge is 0.508 e. The third-order valence-corrected chi connectivity index (χ3v) is 7.02. The highest BCUT2D eigenvalue weighted by molar-refractivity contribution is 6.11. The van der Waals surface area contributed by atoms with Crippen LogP contribution in [0.5, 0.6) is 57.5 Å². The second-order valence-corrected chi connectivity index (χ2v) is 9.73. The van der Waals surface area contributed by atoms with Crippen molar-refractivity contribution < 1.29 is 38.3 Å². The molecule has 0 atom stereocenters. The summed E-state index contributed by atoms with van der Waals surface area (Å²) in [4.78, 5) is 20.7. The van der Waals surface area contributed by atoms with E-state index in [2.05, 4.69) is 15.8 Å². The van der Waals surface area contributed by atoms with Gasteiger partial charge in [0.05, 0.1) is 40.0 Å². The molecule has 48 heavy (non-hydrogen) atoms. The molecule has 0 fully saturated rings. The van der Waals surface area contributed by atoms with Gasteiger partial charge in [-0.25, -0.2) is 9.69 Å². The third kappa shape index (κ3) is 6.32. The number of ketones is 1. The predicted molar refractivity (Wildman–Crippen MR) is 174 cm³/mol. The van der Waals surface area contributed by atoms with Gasteiger partial charge in [0.25, 0.3) is 11.4 Å². The Balaban J connectivity index is 1.54. The van der Waals surface area contributed by atoms with E-state index in [1.807, 2.05) is 0 Å². The highest BCUT2D eigenvalue weighted by Gasteiger charge is 2.25. The summed E-state index contributed by atoms with van der Waals surface area (Å²) in [6, 6.07) is 25.4. The van der Waals surface area contributed by atoms with Crippen molar-refractivity contribution in [1.82, 2.24) is 0 Å². The Morgan fingerprint density at radius 2 is 1.17 bits per heavy atom. The fourth-order valence-corrected chi connectivity index (χ4v) is 4.70. The van der Waals surface area contributed by atoms with Gasteiger partial charge in [-0.1, -0.05) is 18.2 Å². The molecule has 0 aliphatic heterocycles. The fourth-order valence-electron chi connectivity index (χ4n) is 4.70. The van der Waals surface area contributed by atoms with Gasteiger partial charge >= 0.3 is 0 Å². The van der Waals surface area contributed by atoms with E-state index in [1.54, 1.807) is 60.7 Å². The summed E-state index contributed by atoms with van der Waals surface area (Å²) in [6.07, 6.45) is 0. The summed E-state index contributed by atoms with van der Waals surface area (Å²) < 4.78 is 33.8. The van der Waals surface area contributed by atoms with Crippen molar-refractivity contribution in [3.63, 3.8) is 0 Å². The van der Waals surface area contributed by atoms with Crippen molar-refractivity contribution >= 4 is 17.2 Å². The molecule has 0 heterocycles. The summed E-state index contributed by atoms with van der Waals surface area (Å²) in [5, 5.41) is 21.1. The first-order valence-corrected chi connectivity index (χ1v) is 14.1. The average molecular weight is 640 g/mol. The van der Waals surface area contributed by atoms with Crippen molar-refractivity contribution in [3.8, 4) is 63.6 Å². The van der Waals surface area contributed by atoms with Crippen LogP contribution in [0.2, 0.25) is 0 Å². The van der Waals surface area contributed by atoms with Gasteiger partial charge in [-0.3, -0.25) is 4.79 Å². The molecule has 11 heteroatoms. The molecule has 5 aromatic rings. The Kier molecular flexibility index (Phi) is 9.60. The summed E-state index contributed by atoms with van der Waals surface area (Å²) in [5.41, 5.74) is 0.391. The number of nitrogens with zero attached hydrogens (tertiary/aromatic N) is 3. The summed E-state index contributed by atoms with van der Waals surface area (Å²) >= 11 is 0. The van der Waals surface area contributed by atoms with E-state index in [1.165, 1.54) is 51.7 Å². The van der Waals surface area contributed by atoms with E-state index in [4.69, 9.17) is 41.6 Å². The van der Waals surface area contributed by atoms with Gasteiger partial charge in [-0.05, 0) is 72.8 Å². The molecule has 1 N–H and O–H groups in total. The minimum absolute atomic E-state index is 0.0245. The van der Waals surface area contributed by atoms with Gasteiger partial charge in [0.2, 0.25) is 5.75 Å². The van der Waals surface area contributed by atoms with Gasteiger partial charge < -0.3 is 33.5 Å². The maximum atomic E-state index is 13.7. The van der Waals surface area contributed by atoms with Crippen LogP contribution in [0.3, 0.4) is 0 Å². The SMILES string of the molecule is [C-]#[N+]c1c(OC)cccc1Oc1ccc(C(=O)c2ccc(Oc3cccc(OC)c3C#N)cc2)c(O)c1Oc1cccc(OC)c1[N+]#[C-].